The lowest BCUT2D eigenvalue weighted by atomic mass is 10.1. The molecule has 2 aromatic rings. The zero-order chi connectivity index (χ0) is 15.4. The molecule has 110 valence electrons. The summed E-state index contributed by atoms with van der Waals surface area (Å²) < 4.78 is 0. The number of nitrogens with one attached hydrogen (secondary N) is 2. The Balaban J connectivity index is 2.16. The molecule has 0 radical (unpaired) electrons. The lowest BCUT2D eigenvalue weighted by Crippen LogP contribution is -2.09. The summed E-state index contributed by atoms with van der Waals surface area (Å²) >= 11 is 6.24. The van der Waals surface area contributed by atoms with Gasteiger partial charge in [0, 0.05) is 18.7 Å². The topological polar surface area (TPSA) is 41.1 Å². The van der Waals surface area contributed by atoms with Crippen LogP contribution in [0.1, 0.15) is 31.0 Å². The fourth-order valence-electron chi connectivity index (χ4n) is 2.14. The number of hydrogen-bond acceptors (Lipinski definition) is 2. The number of carbonyl (C=O) groups is 1. The molecule has 0 aliphatic carbocycles. The first-order valence-electron chi connectivity index (χ1n) is 6.86. The summed E-state index contributed by atoms with van der Waals surface area (Å²) in [6.45, 7) is 5.57. The molecule has 4 heteroatoms. The van der Waals surface area contributed by atoms with Gasteiger partial charge in [-0.3, -0.25) is 4.79 Å². The van der Waals surface area contributed by atoms with Crippen LogP contribution in [0.2, 0.25) is 5.02 Å². The summed E-state index contributed by atoms with van der Waals surface area (Å²) in [5, 5.41) is 6.89. The summed E-state index contributed by atoms with van der Waals surface area (Å²) in [7, 11) is 0. The van der Waals surface area contributed by atoms with Gasteiger partial charge in [-0.1, -0.05) is 29.8 Å². The van der Waals surface area contributed by atoms with Gasteiger partial charge in [-0.15, -0.1) is 0 Å². The number of benzene rings is 2. The molecule has 0 aromatic heterocycles. The molecule has 0 aliphatic heterocycles. The van der Waals surface area contributed by atoms with E-state index in [1.807, 2.05) is 49.4 Å². The minimum Gasteiger partial charge on any atom is -0.377 e. The molecule has 0 spiro atoms. The summed E-state index contributed by atoms with van der Waals surface area (Å²) in [6, 6.07) is 13.8. The van der Waals surface area contributed by atoms with Crippen molar-refractivity contribution in [1.82, 2.24) is 0 Å². The van der Waals surface area contributed by atoms with Gasteiger partial charge in [0.25, 0.3) is 0 Å². The number of rotatable bonds is 4. The monoisotopic (exact) mass is 302 g/mol. The molecule has 3 nitrogen and oxygen atoms in total. The second kappa shape index (κ2) is 6.64. The van der Waals surface area contributed by atoms with Crippen LogP contribution in [0.15, 0.2) is 42.5 Å². The third-order valence-electron chi connectivity index (χ3n) is 3.20. The highest BCUT2D eigenvalue weighted by Gasteiger charge is 2.09. The Bertz CT molecular complexity index is 655. The standard InChI is InChI=1S/C17H19ClN2O/c1-11-7-8-17(16(18)9-11)19-12(2)14-5-4-6-15(10-14)20-13(3)21/h4-10,12,19H,1-3H3,(H,20,21). The van der Waals surface area contributed by atoms with E-state index in [-0.39, 0.29) is 11.9 Å². The Labute approximate surface area is 130 Å². The van der Waals surface area contributed by atoms with Crippen LogP contribution < -0.4 is 10.6 Å². The fraction of sp³-hybridized carbons (Fsp3) is 0.235. The van der Waals surface area contributed by atoms with Gasteiger partial charge in [-0.05, 0) is 49.2 Å². The minimum absolute atomic E-state index is 0.0747. The van der Waals surface area contributed by atoms with Gasteiger partial charge in [0.15, 0.2) is 0 Å². The van der Waals surface area contributed by atoms with Gasteiger partial charge < -0.3 is 10.6 Å². The van der Waals surface area contributed by atoms with Gasteiger partial charge in [0.1, 0.15) is 0 Å². The van der Waals surface area contributed by atoms with E-state index >= 15 is 0 Å². The molecular formula is C17H19ClN2O. The second-order valence-electron chi connectivity index (χ2n) is 5.16. The predicted octanol–water partition coefficient (Wildman–Crippen LogP) is 4.78. The van der Waals surface area contributed by atoms with Crippen molar-refractivity contribution in [2.24, 2.45) is 0 Å². The predicted molar refractivity (Wildman–Crippen MR) is 89.0 cm³/mol. The van der Waals surface area contributed by atoms with Crippen LogP contribution in [-0.4, -0.2) is 5.91 Å². The Morgan fingerprint density at radius 3 is 2.62 bits per heavy atom. The van der Waals surface area contributed by atoms with Crippen LogP contribution in [0.5, 0.6) is 0 Å². The average molecular weight is 303 g/mol. The van der Waals surface area contributed by atoms with Crippen molar-refractivity contribution < 1.29 is 4.79 Å². The SMILES string of the molecule is CC(=O)Nc1cccc(C(C)Nc2ccc(C)cc2Cl)c1. The van der Waals surface area contributed by atoms with E-state index in [9.17, 15) is 4.79 Å². The van der Waals surface area contributed by atoms with E-state index in [0.29, 0.717) is 5.02 Å². The lowest BCUT2D eigenvalue weighted by molar-refractivity contribution is -0.114. The zero-order valence-corrected chi connectivity index (χ0v) is 13.2. The highest BCUT2D eigenvalue weighted by atomic mass is 35.5. The number of hydrogen-bond donors (Lipinski definition) is 2. The van der Waals surface area contributed by atoms with Gasteiger partial charge in [0.2, 0.25) is 5.91 Å². The van der Waals surface area contributed by atoms with Crippen LogP contribution in [0.4, 0.5) is 11.4 Å². The minimum atomic E-state index is -0.0747. The first kappa shape index (κ1) is 15.4. The molecule has 21 heavy (non-hydrogen) atoms. The van der Waals surface area contributed by atoms with E-state index in [0.717, 1.165) is 22.5 Å². The number of anilines is 2. The van der Waals surface area contributed by atoms with Crippen LogP contribution in [0.25, 0.3) is 0 Å². The van der Waals surface area contributed by atoms with Crippen molar-refractivity contribution in [2.75, 3.05) is 10.6 Å². The number of halogens is 1. The van der Waals surface area contributed by atoms with Gasteiger partial charge in [0.05, 0.1) is 10.7 Å². The van der Waals surface area contributed by atoms with E-state index < -0.39 is 0 Å². The molecule has 1 amide bonds. The first-order valence-corrected chi connectivity index (χ1v) is 7.24. The molecule has 1 atom stereocenters. The quantitative estimate of drug-likeness (QED) is 0.853. The molecule has 1 unspecified atom stereocenters. The maximum absolute atomic E-state index is 11.1. The van der Waals surface area contributed by atoms with Crippen LogP contribution >= 0.6 is 11.6 Å². The molecule has 2 N–H and O–H groups in total. The molecule has 0 bridgehead atoms. The smallest absolute Gasteiger partial charge is 0.221 e. The maximum Gasteiger partial charge on any atom is 0.221 e. The Morgan fingerprint density at radius 1 is 1.19 bits per heavy atom. The number of aryl methyl sites for hydroxylation is 1. The zero-order valence-electron chi connectivity index (χ0n) is 12.4. The normalized spacial score (nSPS) is 11.8. The van der Waals surface area contributed by atoms with E-state index in [4.69, 9.17) is 11.6 Å². The van der Waals surface area contributed by atoms with Crippen LogP contribution in [0.3, 0.4) is 0 Å². The third-order valence-corrected chi connectivity index (χ3v) is 3.52. The van der Waals surface area contributed by atoms with Crippen molar-refractivity contribution >= 4 is 28.9 Å². The highest BCUT2D eigenvalue weighted by molar-refractivity contribution is 6.33. The van der Waals surface area contributed by atoms with Gasteiger partial charge in [-0.2, -0.15) is 0 Å². The van der Waals surface area contributed by atoms with E-state index in [1.54, 1.807) is 0 Å². The third kappa shape index (κ3) is 4.23. The van der Waals surface area contributed by atoms with Crippen molar-refractivity contribution in [1.29, 1.82) is 0 Å². The summed E-state index contributed by atoms with van der Waals surface area (Å²) in [5.41, 5.74) is 3.91. The maximum atomic E-state index is 11.1. The fourth-order valence-corrected chi connectivity index (χ4v) is 2.43. The Morgan fingerprint density at radius 2 is 1.95 bits per heavy atom. The van der Waals surface area contributed by atoms with Crippen molar-refractivity contribution in [2.45, 2.75) is 26.8 Å². The molecule has 0 aliphatic rings. The first-order chi connectivity index (χ1) is 9.95. The molecule has 0 fully saturated rings. The number of amides is 1. The van der Waals surface area contributed by atoms with Crippen molar-refractivity contribution in [3.8, 4) is 0 Å². The van der Waals surface area contributed by atoms with Crippen molar-refractivity contribution in [3.63, 3.8) is 0 Å². The molecule has 2 aromatic carbocycles. The summed E-state index contributed by atoms with van der Waals surface area (Å²) in [6.07, 6.45) is 0. The molecular weight excluding hydrogens is 284 g/mol. The summed E-state index contributed by atoms with van der Waals surface area (Å²) in [4.78, 5) is 11.1. The highest BCUT2D eigenvalue weighted by Crippen LogP contribution is 2.27. The molecule has 0 heterocycles. The van der Waals surface area contributed by atoms with E-state index in [1.165, 1.54) is 6.92 Å². The molecule has 0 saturated carbocycles. The average Bonchev–Trinajstić information content (AvgIpc) is 2.41. The second-order valence-corrected chi connectivity index (χ2v) is 5.56. The van der Waals surface area contributed by atoms with Gasteiger partial charge in [-0.25, -0.2) is 0 Å². The molecule has 0 saturated heterocycles. The van der Waals surface area contributed by atoms with Crippen molar-refractivity contribution in [3.05, 3.63) is 58.6 Å². The Kier molecular flexibility index (Phi) is 4.86. The Hall–Kier alpha value is -2.00. The van der Waals surface area contributed by atoms with Crippen LogP contribution in [-0.2, 0) is 4.79 Å². The van der Waals surface area contributed by atoms with Crippen LogP contribution in [0, 0.1) is 6.92 Å². The lowest BCUT2D eigenvalue weighted by Gasteiger charge is -2.18. The largest absolute Gasteiger partial charge is 0.377 e. The summed E-state index contributed by atoms with van der Waals surface area (Å²) in [5.74, 6) is -0.0747. The molecule has 2 rings (SSSR count). The van der Waals surface area contributed by atoms with Gasteiger partial charge >= 0.3 is 0 Å². The number of carbonyl (C=O) groups excluding carboxylic acids is 1. The van der Waals surface area contributed by atoms with E-state index in [2.05, 4.69) is 17.6 Å².